The van der Waals surface area contributed by atoms with Gasteiger partial charge in [0.05, 0.1) is 16.8 Å². The maximum Gasteiger partial charge on any atom is 0.225 e. The van der Waals surface area contributed by atoms with Gasteiger partial charge in [0.25, 0.3) is 0 Å². The van der Waals surface area contributed by atoms with Gasteiger partial charge in [0.1, 0.15) is 5.52 Å². The minimum Gasteiger partial charge on any atom is -0.493 e. The van der Waals surface area contributed by atoms with E-state index >= 15 is 0 Å². The lowest BCUT2D eigenvalue weighted by Crippen LogP contribution is -2.49. The number of piperazine rings is 1. The van der Waals surface area contributed by atoms with Gasteiger partial charge in [-0.3, -0.25) is 9.69 Å². The van der Waals surface area contributed by atoms with Crippen LogP contribution in [0.4, 0.5) is 5.13 Å². The lowest BCUT2D eigenvalue weighted by atomic mass is 9.96. The zero-order valence-corrected chi connectivity index (χ0v) is 17.9. The molecule has 6 nitrogen and oxygen atoms in total. The number of carbonyl (C=O) groups excluding carboxylic acids is 1. The van der Waals surface area contributed by atoms with Crippen LogP contribution < -0.4 is 15.0 Å². The third kappa shape index (κ3) is 4.65. The normalized spacial score (nSPS) is 16.0. The second-order valence-corrected chi connectivity index (χ2v) is 9.17. The fourth-order valence-corrected chi connectivity index (χ4v) is 4.26. The highest BCUT2D eigenvalue weighted by Gasteiger charge is 2.23. The molecule has 1 aromatic heterocycles. The first-order valence-electron chi connectivity index (χ1n) is 9.18. The summed E-state index contributed by atoms with van der Waals surface area (Å²) in [6.07, 6.45) is 0. The number of amides is 1. The van der Waals surface area contributed by atoms with Crippen molar-refractivity contribution in [1.29, 1.82) is 0 Å². The van der Waals surface area contributed by atoms with Gasteiger partial charge >= 0.3 is 0 Å². The first kappa shape index (κ1) is 20.2. The Morgan fingerprint density at radius 1 is 1.30 bits per heavy atom. The molecule has 1 aliphatic heterocycles. The van der Waals surface area contributed by atoms with Crippen LogP contribution in [-0.2, 0) is 4.79 Å². The lowest BCUT2D eigenvalue weighted by molar-refractivity contribution is -0.128. The number of nitrogens with zero attached hydrogens (tertiary/aromatic N) is 3. The first-order valence-corrected chi connectivity index (χ1v) is 10.4. The monoisotopic (exact) mass is 410 g/mol. The van der Waals surface area contributed by atoms with Gasteiger partial charge in [0, 0.05) is 44.7 Å². The van der Waals surface area contributed by atoms with Gasteiger partial charge in [-0.25, -0.2) is 4.98 Å². The molecule has 27 heavy (non-hydrogen) atoms. The largest absolute Gasteiger partial charge is 0.493 e. The highest BCUT2D eigenvalue weighted by atomic mass is 35.5. The molecule has 1 amide bonds. The zero-order valence-electron chi connectivity index (χ0n) is 16.3. The highest BCUT2D eigenvalue weighted by molar-refractivity contribution is 7.22. The minimum absolute atomic E-state index is 0.100. The minimum atomic E-state index is -0.338. The van der Waals surface area contributed by atoms with Crippen LogP contribution in [-0.4, -0.2) is 62.2 Å². The molecule has 2 heterocycles. The molecular weight excluding hydrogens is 384 g/mol. The SMILES string of the molecule is COc1c(Cl)ccc2sc(N3CCN(CCNC(=O)C(C)(C)C)CC3)nc12. The fraction of sp³-hybridized carbons (Fsp3) is 0.579. The Bertz CT molecular complexity index is 810. The van der Waals surface area contributed by atoms with Gasteiger partial charge in [-0.05, 0) is 12.1 Å². The molecule has 1 aliphatic rings. The van der Waals surface area contributed by atoms with E-state index in [1.807, 2.05) is 32.9 Å². The number of aromatic nitrogens is 1. The van der Waals surface area contributed by atoms with E-state index in [0.717, 1.165) is 48.1 Å². The van der Waals surface area contributed by atoms with Crippen molar-refractivity contribution in [2.24, 2.45) is 5.41 Å². The summed E-state index contributed by atoms with van der Waals surface area (Å²) in [7, 11) is 1.62. The predicted octanol–water partition coefficient (Wildman–Crippen LogP) is 3.24. The summed E-state index contributed by atoms with van der Waals surface area (Å²) in [6.45, 7) is 11.1. The number of methoxy groups -OCH3 is 1. The third-order valence-electron chi connectivity index (χ3n) is 4.70. The van der Waals surface area contributed by atoms with Crippen LogP contribution in [0.5, 0.6) is 5.75 Å². The zero-order chi connectivity index (χ0) is 19.6. The molecule has 148 valence electrons. The maximum absolute atomic E-state index is 11.9. The van der Waals surface area contributed by atoms with Crippen molar-refractivity contribution in [2.75, 3.05) is 51.3 Å². The van der Waals surface area contributed by atoms with E-state index in [1.54, 1.807) is 18.4 Å². The number of fused-ring (bicyclic) bond motifs is 1. The molecule has 0 aliphatic carbocycles. The number of thiazole rings is 1. The van der Waals surface area contributed by atoms with Gasteiger partial charge in [-0.15, -0.1) is 0 Å². The molecule has 0 bridgehead atoms. The van der Waals surface area contributed by atoms with E-state index in [-0.39, 0.29) is 11.3 Å². The van der Waals surface area contributed by atoms with Crippen molar-refractivity contribution in [1.82, 2.24) is 15.2 Å². The summed E-state index contributed by atoms with van der Waals surface area (Å²) in [4.78, 5) is 21.4. The number of hydrogen-bond donors (Lipinski definition) is 1. The molecule has 1 saturated heterocycles. The number of nitrogens with one attached hydrogen (secondary N) is 1. The standard InChI is InChI=1S/C19H27ClN4O2S/c1-19(2,3)17(25)21-7-8-23-9-11-24(12-10-23)18-22-15-14(27-18)6-5-13(20)16(15)26-4/h5-6H,7-12H2,1-4H3,(H,21,25). The number of anilines is 1. The molecule has 8 heteroatoms. The van der Waals surface area contributed by atoms with Gasteiger partial charge in [-0.2, -0.15) is 0 Å². The predicted molar refractivity (Wildman–Crippen MR) is 112 cm³/mol. The van der Waals surface area contributed by atoms with Crippen LogP contribution in [0.25, 0.3) is 10.2 Å². The molecule has 0 radical (unpaired) electrons. The topological polar surface area (TPSA) is 57.7 Å². The number of hydrogen-bond acceptors (Lipinski definition) is 6. The van der Waals surface area contributed by atoms with Gasteiger partial charge in [0.15, 0.2) is 10.9 Å². The van der Waals surface area contributed by atoms with Crippen LogP contribution in [0.1, 0.15) is 20.8 Å². The number of ether oxygens (including phenoxy) is 1. The lowest BCUT2D eigenvalue weighted by Gasteiger charge is -2.34. The molecule has 0 atom stereocenters. The van der Waals surface area contributed by atoms with Crippen molar-refractivity contribution < 1.29 is 9.53 Å². The molecule has 1 aromatic carbocycles. The summed E-state index contributed by atoms with van der Waals surface area (Å²) < 4.78 is 6.50. The van der Waals surface area contributed by atoms with E-state index in [9.17, 15) is 4.79 Å². The van der Waals surface area contributed by atoms with Crippen LogP contribution in [0.15, 0.2) is 12.1 Å². The van der Waals surface area contributed by atoms with Crippen LogP contribution in [0, 0.1) is 5.41 Å². The average Bonchev–Trinajstić information content (AvgIpc) is 3.05. The molecule has 2 aromatic rings. The van der Waals surface area contributed by atoms with E-state index in [1.165, 1.54) is 0 Å². The van der Waals surface area contributed by atoms with Gasteiger partial charge in [0.2, 0.25) is 5.91 Å². The van der Waals surface area contributed by atoms with Crippen LogP contribution in [0.3, 0.4) is 0 Å². The Balaban J connectivity index is 1.55. The molecule has 0 spiro atoms. The summed E-state index contributed by atoms with van der Waals surface area (Å²) in [6, 6.07) is 3.85. The Hall–Kier alpha value is -1.57. The summed E-state index contributed by atoms with van der Waals surface area (Å²) >= 11 is 7.87. The maximum atomic E-state index is 11.9. The number of halogens is 1. The summed E-state index contributed by atoms with van der Waals surface area (Å²) in [5.74, 6) is 0.744. The molecule has 3 rings (SSSR count). The van der Waals surface area contributed by atoms with Crippen molar-refractivity contribution in [3.05, 3.63) is 17.2 Å². The quantitative estimate of drug-likeness (QED) is 0.819. The molecule has 0 saturated carbocycles. The van der Waals surface area contributed by atoms with Crippen molar-refractivity contribution >= 4 is 44.2 Å². The number of rotatable bonds is 5. The van der Waals surface area contributed by atoms with Crippen molar-refractivity contribution in [2.45, 2.75) is 20.8 Å². The van der Waals surface area contributed by atoms with E-state index in [2.05, 4.69) is 15.1 Å². The van der Waals surface area contributed by atoms with Crippen molar-refractivity contribution in [3.63, 3.8) is 0 Å². The second-order valence-electron chi connectivity index (χ2n) is 7.76. The summed E-state index contributed by atoms with van der Waals surface area (Å²) in [5.41, 5.74) is 0.493. The number of carbonyl (C=O) groups is 1. The third-order valence-corrected chi connectivity index (χ3v) is 6.08. The Morgan fingerprint density at radius 3 is 2.63 bits per heavy atom. The van der Waals surface area contributed by atoms with Crippen LogP contribution in [0.2, 0.25) is 5.02 Å². The Labute approximate surface area is 169 Å². The smallest absolute Gasteiger partial charge is 0.225 e. The summed E-state index contributed by atoms with van der Waals surface area (Å²) in [5, 5.41) is 4.61. The number of benzene rings is 1. The van der Waals surface area contributed by atoms with Gasteiger partial charge in [-0.1, -0.05) is 43.7 Å². The second kappa shape index (κ2) is 8.20. The Morgan fingerprint density at radius 2 is 2.00 bits per heavy atom. The Kier molecular flexibility index (Phi) is 6.13. The van der Waals surface area contributed by atoms with Crippen molar-refractivity contribution in [3.8, 4) is 5.75 Å². The average molecular weight is 411 g/mol. The highest BCUT2D eigenvalue weighted by Crippen LogP contribution is 2.38. The molecule has 1 N–H and O–H groups in total. The molecular formula is C19H27ClN4O2S. The molecule has 0 unspecified atom stereocenters. The van der Waals surface area contributed by atoms with E-state index in [0.29, 0.717) is 17.3 Å². The molecule has 1 fully saturated rings. The van der Waals surface area contributed by atoms with Crippen LogP contribution >= 0.6 is 22.9 Å². The first-order chi connectivity index (χ1) is 12.8. The van der Waals surface area contributed by atoms with E-state index in [4.69, 9.17) is 21.3 Å². The fourth-order valence-electron chi connectivity index (χ4n) is 3.02. The van der Waals surface area contributed by atoms with E-state index < -0.39 is 0 Å². The van der Waals surface area contributed by atoms with Gasteiger partial charge < -0.3 is 15.0 Å².